The van der Waals surface area contributed by atoms with Gasteiger partial charge in [0, 0.05) is 32.2 Å². The SMILES string of the molecule is CCN(CCNC(C)CN)C(=O)OC(C)(C)C. The first-order valence-electron chi connectivity index (χ1n) is 6.21. The minimum Gasteiger partial charge on any atom is -0.444 e. The van der Waals surface area contributed by atoms with Gasteiger partial charge in [-0.05, 0) is 34.6 Å². The summed E-state index contributed by atoms with van der Waals surface area (Å²) in [5.74, 6) is 0. The molecule has 0 rings (SSSR count). The summed E-state index contributed by atoms with van der Waals surface area (Å²) in [5, 5.41) is 3.24. The van der Waals surface area contributed by atoms with E-state index in [1.54, 1.807) is 4.90 Å². The first kappa shape index (κ1) is 16.2. The first-order chi connectivity index (χ1) is 7.80. The Morgan fingerprint density at radius 3 is 2.47 bits per heavy atom. The predicted molar refractivity (Wildman–Crippen MR) is 70.0 cm³/mol. The summed E-state index contributed by atoms with van der Waals surface area (Å²) in [6.07, 6.45) is -0.262. The fraction of sp³-hybridized carbons (Fsp3) is 0.917. The molecule has 0 aromatic rings. The van der Waals surface area contributed by atoms with Crippen molar-refractivity contribution in [3.8, 4) is 0 Å². The third-order valence-corrected chi connectivity index (χ3v) is 2.26. The van der Waals surface area contributed by atoms with Crippen LogP contribution >= 0.6 is 0 Å². The Bertz CT molecular complexity index is 226. The molecule has 5 heteroatoms. The predicted octanol–water partition coefficient (Wildman–Crippen LogP) is 1.18. The molecule has 1 amide bonds. The van der Waals surface area contributed by atoms with Crippen LogP contribution < -0.4 is 11.1 Å². The summed E-state index contributed by atoms with van der Waals surface area (Å²) in [4.78, 5) is 13.5. The van der Waals surface area contributed by atoms with E-state index in [0.29, 0.717) is 19.6 Å². The third-order valence-electron chi connectivity index (χ3n) is 2.26. The van der Waals surface area contributed by atoms with E-state index >= 15 is 0 Å². The van der Waals surface area contributed by atoms with Gasteiger partial charge < -0.3 is 20.7 Å². The average Bonchev–Trinajstić information content (AvgIpc) is 2.21. The van der Waals surface area contributed by atoms with E-state index in [2.05, 4.69) is 5.32 Å². The van der Waals surface area contributed by atoms with Crippen LogP contribution in [0.15, 0.2) is 0 Å². The maximum Gasteiger partial charge on any atom is 0.410 e. The van der Waals surface area contributed by atoms with Gasteiger partial charge in [0.1, 0.15) is 5.60 Å². The molecule has 0 aliphatic rings. The maximum atomic E-state index is 11.8. The zero-order chi connectivity index (χ0) is 13.5. The Kier molecular flexibility index (Phi) is 7.15. The van der Waals surface area contributed by atoms with Crippen molar-refractivity contribution in [3.63, 3.8) is 0 Å². The quantitative estimate of drug-likeness (QED) is 0.737. The molecule has 0 radical (unpaired) electrons. The Morgan fingerprint density at radius 2 is 2.06 bits per heavy atom. The monoisotopic (exact) mass is 245 g/mol. The van der Waals surface area contributed by atoms with Crippen LogP contribution in [0.4, 0.5) is 4.79 Å². The van der Waals surface area contributed by atoms with E-state index in [4.69, 9.17) is 10.5 Å². The number of rotatable bonds is 6. The van der Waals surface area contributed by atoms with Crippen LogP contribution in [0.5, 0.6) is 0 Å². The highest BCUT2D eigenvalue weighted by molar-refractivity contribution is 5.68. The molecule has 0 aliphatic carbocycles. The van der Waals surface area contributed by atoms with E-state index in [1.165, 1.54) is 0 Å². The van der Waals surface area contributed by atoms with Gasteiger partial charge in [0.05, 0.1) is 0 Å². The molecule has 0 heterocycles. The molecule has 0 bridgehead atoms. The number of nitrogens with one attached hydrogen (secondary N) is 1. The summed E-state index contributed by atoms with van der Waals surface area (Å²) in [6.45, 7) is 12.2. The lowest BCUT2D eigenvalue weighted by Gasteiger charge is -2.27. The lowest BCUT2D eigenvalue weighted by atomic mass is 10.2. The highest BCUT2D eigenvalue weighted by Crippen LogP contribution is 2.09. The Morgan fingerprint density at radius 1 is 1.47 bits per heavy atom. The number of nitrogens with two attached hydrogens (primary N) is 1. The van der Waals surface area contributed by atoms with Gasteiger partial charge in [0.25, 0.3) is 0 Å². The number of carbonyl (C=O) groups is 1. The van der Waals surface area contributed by atoms with Gasteiger partial charge >= 0.3 is 6.09 Å². The van der Waals surface area contributed by atoms with Crippen LogP contribution in [-0.4, -0.2) is 48.8 Å². The van der Waals surface area contributed by atoms with Crippen LogP contribution in [-0.2, 0) is 4.74 Å². The average molecular weight is 245 g/mol. The van der Waals surface area contributed by atoms with Gasteiger partial charge in [-0.25, -0.2) is 4.79 Å². The lowest BCUT2D eigenvalue weighted by molar-refractivity contribution is 0.0261. The molecule has 0 aromatic carbocycles. The largest absolute Gasteiger partial charge is 0.444 e. The van der Waals surface area contributed by atoms with Crippen LogP contribution in [0.2, 0.25) is 0 Å². The highest BCUT2D eigenvalue weighted by atomic mass is 16.6. The second kappa shape index (κ2) is 7.50. The van der Waals surface area contributed by atoms with Crippen molar-refractivity contribution < 1.29 is 9.53 Å². The molecular formula is C12H27N3O2. The number of likely N-dealkylation sites (N-methyl/N-ethyl adjacent to an activating group) is 1. The Balaban J connectivity index is 4.02. The third kappa shape index (κ3) is 7.99. The Hall–Kier alpha value is -0.810. The van der Waals surface area contributed by atoms with E-state index in [-0.39, 0.29) is 12.1 Å². The van der Waals surface area contributed by atoms with Crippen LogP contribution in [0.3, 0.4) is 0 Å². The van der Waals surface area contributed by atoms with E-state index in [0.717, 1.165) is 6.54 Å². The van der Waals surface area contributed by atoms with E-state index in [1.807, 2.05) is 34.6 Å². The molecule has 0 aliphatic heterocycles. The normalized spacial score (nSPS) is 13.3. The molecule has 0 fully saturated rings. The summed E-state index contributed by atoms with van der Waals surface area (Å²) in [7, 11) is 0. The van der Waals surface area contributed by atoms with Crippen LogP contribution in [0.25, 0.3) is 0 Å². The van der Waals surface area contributed by atoms with Crippen LogP contribution in [0, 0.1) is 0 Å². The lowest BCUT2D eigenvalue weighted by Crippen LogP contribution is -2.43. The molecule has 1 atom stereocenters. The second-order valence-electron chi connectivity index (χ2n) is 5.15. The molecule has 1 unspecified atom stereocenters. The highest BCUT2D eigenvalue weighted by Gasteiger charge is 2.20. The van der Waals surface area contributed by atoms with Crippen molar-refractivity contribution in [1.29, 1.82) is 0 Å². The van der Waals surface area contributed by atoms with Crippen molar-refractivity contribution in [2.45, 2.75) is 46.3 Å². The number of hydrogen-bond acceptors (Lipinski definition) is 4. The minimum absolute atomic E-state index is 0.262. The van der Waals surface area contributed by atoms with Gasteiger partial charge in [-0.15, -0.1) is 0 Å². The van der Waals surface area contributed by atoms with Gasteiger partial charge in [-0.3, -0.25) is 0 Å². The van der Waals surface area contributed by atoms with Gasteiger partial charge in [0.2, 0.25) is 0 Å². The van der Waals surface area contributed by atoms with Crippen molar-refractivity contribution >= 4 is 6.09 Å². The molecular weight excluding hydrogens is 218 g/mol. The summed E-state index contributed by atoms with van der Waals surface area (Å²) in [5.41, 5.74) is 5.05. The van der Waals surface area contributed by atoms with Gasteiger partial charge in [-0.1, -0.05) is 0 Å². The minimum atomic E-state index is -0.442. The fourth-order valence-corrected chi connectivity index (χ4v) is 1.23. The zero-order valence-electron chi connectivity index (χ0n) is 11.7. The molecule has 0 spiro atoms. The van der Waals surface area contributed by atoms with Gasteiger partial charge in [-0.2, -0.15) is 0 Å². The van der Waals surface area contributed by atoms with Gasteiger partial charge in [0.15, 0.2) is 0 Å². The molecule has 0 saturated carbocycles. The number of ether oxygens (including phenoxy) is 1. The van der Waals surface area contributed by atoms with Crippen molar-refractivity contribution in [3.05, 3.63) is 0 Å². The molecule has 5 nitrogen and oxygen atoms in total. The number of nitrogens with zero attached hydrogens (tertiary/aromatic N) is 1. The summed E-state index contributed by atoms with van der Waals surface area (Å²) in [6, 6.07) is 0.271. The zero-order valence-corrected chi connectivity index (χ0v) is 11.7. The maximum absolute atomic E-state index is 11.8. The number of carbonyl (C=O) groups excluding carboxylic acids is 1. The van der Waals surface area contributed by atoms with Crippen molar-refractivity contribution in [2.75, 3.05) is 26.2 Å². The molecule has 3 N–H and O–H groups in total. The topological polar surface area (TPSA) is 67.6 Å². The number of hydrogen-bond donors (Lipinski definition) is 2. The summed E-state index contributed by atoms with van der Waals surface area (Å²) < 4.78 is 5.31. The molecule has 102 valence electrons. The Labute approximate surface area is 105 Å². The van der Waals surface area contributed by atoms with E-state index < -0.39 is 5.60 Å². The smallest absolute Gasteiger partial charge is 0.410 e. The molecule has 0 saturated heterocycles. The van der Waals surface area contributed by atoms with E-state index in [9.17, 15) is 4.79 Å². The first-order valence-corrected chi connectivity index (χ1v) is 6.21. The van der Waals surface area contributed by atoms with Crippen molar-refractivity contribution in [1.82, 2.24) is 10.2 Å². The fourth-order valence-electron chi connectivity index (χ4n) is 1.23. The number of amides is 1. The standard InChI is InChI=1S/C12H27N3O2/c1-6-15(8-7-14-10(2)9-13)11(16)17-12(3,4)5/h10,14H,6-9,13H2,1-5H3. The molecule has 17 heavy (non-hydrogen) atoms. The molecule has 0 aromatic heterocycles. The second-order valence-corrected chi connectivity index (χ2v) is 5.15. The van der Waals surface area contributed by atoms with Crippen molar-refractivity contribution in [2.24, 2.45) is 5.73 Å². The van der Waals surface area contributed by atoms with Crippen LogP contribution in [0.1, 0.15) is 34.6 Å². The summed E-state index contributed by atoms with van der Waals surface area (Å²) >= 11 is 0.